The second-order valence-corrected chi connectivity index (χ2v) is 7.30. The largest absolute Gasteiger partial charge is 0.416 e. The molecule has 2 aromatic carbocycles. The van der Waals surface area contributed by atoms with Crippen LogP contribution in [-0.2, 0) is 12.7 Å². The monoisotopic (exact) mass is 386 g/mol. The molecule has 0 radical (unpaired) electrons. The quantitative estimate of drug-likeness (QED) is 0.608. The average Bonchev–Trinajstić information content (AvgIpc) is 3.11. The molecule has 1 fully saturated rings. The van der Waals surface area contributed by atoms with Crippen molar-refractivity contribution in [3.8, 4) is 0 Å². The predicted molar refractivity (Wildman–Crippen MR) is 102 cm³/mol. The first-order valence-electron chi connectivity index (χ1n) is 9.46. The number of benzene rings is 2. The molecule has 6 heteroatoms. The van der Waals surface area contributed by atoms with Crippen molar-refractivity contribution in [2.75, 3.05) is 13.1 Å². The number of hydrogen-bond donors (Lipinski definition) is 0. The van der Waals surface area contributed by atoms with Crippen LogP contribution in [0.5, 0.6) is 0 Å². The summed E-state index contributed by atoms with van der Waals surface area (Å²) in [7, 11) is 0. The zero-order valence-electron chi connectivity index (χ0n) is 15.4. The van der Waals surface area contributed by atoms with Gasteiger partial charge in [-0.25, -0.2) is 0 Å². The summed E-state index contributed by atoms with van der Waals surface area (Å²) in [5.41, 5.74) is 1.09. The number of halogens is 3. The van der Waals surface area contributed by atoms with Gasteiger partial charge < -0.3 is 0 Å². The van der Waals surface area contributed by atoms with E-state index in [2.05, 4.69) is 4.90 Å². The van der Waals surface area contributed by atoms with E-state index < -0.39 is 11.7 Å². The lowest BCUT2D eigenvalue weighted by atomic mass is 10.1. The highest BCUT2D eigenvalue weighted by Crippen LogP contribution is 2.32. The summed E-state index contributed by atoms with van der Waals surface area (Å²) >= 11 is 0. The standard InChI is InChI=1S/C22H21F3N2O/c23-22(24,25)19-9-8-17-10-13-27(20(17)14-19)21(28)18-6-4-16(5-7-18)15-26-11-2-1-3-12-26/h4-10,13-14H,1-3,11-12,15H2. The zero-order chi connectivity index (χ0) is 19.7. The third-order valence-corrected chi connectivity index (χ3v) is 5.30. The highest BCUT2D eigenvalue weighted by molar-refractivity contribution is 6.02. The van der Waals surface area contributed by atoms with E-state index in [0.717, 1.165) is 37.3 Å². The first-order chi connectivity index (χ1) is 13.4. The summed E-state index contributed by atoms with van der Waals surface area (Å²) in [6.07, 6.45) is 0.802. The van der Waals surface area contributed by atoms with Crippen LogP contribution >= 0.6 is 0 Å². The Morgan fingerprint density at radius 2 is 1.64 bits per heavy atom. The van der Waals surface area contributed by atoms with Crippen molar-refractivity contribution in [2.24, 2.45) is 0 Å². The molecule has 0 atom stereocenters. The van der Waals surface area contributed by atoms with E-state index in [1.54, 1.807) is 18.2 Å². The molecule has 0 aliphatic carbocycles. The van der Waals surface area contributed by atoms with Crippen LogP contribution in [0.4, 0.5) is 13.2 Å². The van der Waals surface area contributed by atoms with Gasteiger partial charge in [0.05, 0.1) is 11.1 Å². The van der Waals surface area contributed by atoms with Crippen molar-refractivity contribution in [2.45, 2.75) is 32.0 Å². The maximum Gasteiger partial charge on any atom is 0.416 e. The van der Waals surface area contributed by atoms with E-state index >= 15 is 0 Å². The molecule has 4 rings (SSSR count). The molecule has 3 aromatic rings. The van der Waals surface area contributed by atoms with Gasteiger partial charge in [-0.05, 0) is 61.8 Å². The molecule has 1 aliphatic rings. The topological polar surface area (TPSA) is 25.2 Å². The summed E-state index contributed by atoms with van der Waals surface area (Å²) in [5, 5.41) is 0.600. The lowest BCUT2D eigenvalue weighted by Crippen LogP contribution is -2.29. The number of fused-ring (bicyclic) bond motifs is 1. The second-order valence-electron chi connectivity index (χ2n) is 7.30. The summed E-state index contributed by atoms with van der Waals surface area (Å²) in [6.45, 7) is 3.05. The Morgan fingerprint density at radius 1 is 0.929 bits per heavy atom. The summed E-state index contributed by atoms with van der Waals surface area (Å²) in [5.74, 6) is -0.334. The molecule has 2 heterocycles. The molecule has 0 saturated carbocycles. The molecule has 0 unspecified atom stereocenters. The second kappa shape index (κ2) is 7.43. The number of rotatable bonds is 3. The lowest BCUT2D eigenvalue weighted by molar-refractivity contribution is -0.137. The van der Waals surface area contributed by atoms with Crippen LogP contribution in [0.25, 0.3) is 10.9 Å². The van der Waals surface area contributed by atoms with Gasteiger partial charge >= 0.3 is 6.18 Å². The lowest BCUT2D eigenvalue weighted by Gasteiger charge is -2.26. The van der Waals surface area contributed by atoms with Crippen LogP contribution in [0, 0.1) is 0 Å². The van der Waals surface area contributed by atoms with E-state index in [-0.39, 0.29) is 11.4 Å². The summed E-state index contributed by atoms with van der Waals surface area (Å²) in [4.78, 5) is 15.3. The Morgan fingerprint density at radius 3 is 2.32 bits per heavy atom. The van der Waals surface area contributed by atoms with Crippen molar-refractivity contribution >= 4 is 16.8 Å². The normalized spacial score (nSPS) is 15.8. The molecule has 3 nitrogen and oxygen atoms in total. The van der Waals surface area contributed by atoms with E-state index in [9.17, 15) is 18.0 Å². The van der Waals surface area contributed by atoms with Crippen LogP contribution in [0.15, 0.2) is 54.7 Å². The minimum absolute atomic E-state index is 0.261. The third kappa shape index (κ3) is 3.83. The first kappa shape index (κ1) is 18.7. The number of hydrogen-bond acceptors (Lipinski definition) is 2. The Balaban J connectivity index is 1.57. The minimum Gasteiger partial charge on any atom is -0.299 e. The van der Waals surface area contributed by atoms with Gasteiger partial charge in [0.1, 0.15) is 0 Å². The van der Waals surface area contributed by atoms with Crippen molar-refractivity contribution in [1.82, 2.24) is 9.47 Å². The smallest absolute Gasteiger partial charge is 0.299 e. The van der Waals surface area contributed by atoms with Gasteiger partial charge in [-0.2, -0.15) is 13.2 Å². The molecule has 1 aromatic heterocycles. The van der Waals surface area contributed by atoms with Crippen molar-refractivity contribution in [3.63, 3.8) is 0 Å². The van der Waals surface area contributed by atoms with Crippen molar-refractivity contribution < 1.29 is 18.0 Å². The van der Waals surface area contributed by atoms with Crippen LogP contribution in [0.3, 0.4) is 0 Å². The third-order valence-electron chi connectivity index (χ3n) is 5.30. The molecule has 0 N–H and O–H groups in total. The predicted octanol–water partition coefficient (Wildman–Crippen LogP) is 5.33. The molecule has 0 bridgehead atoms. The molecule has 1 aliphatic heterocycles. The number of piperidine rings is 1. The van der Waals surface area contributed by atoms with Gasteiger partial charge in [0.15, 0.2) is 0 Å². The fourth-order valence-corrected chi connectivity index (χ4v) is 3.75. The van der Waals surface area contributed by atoms with Gasteiger partial charge in [0.2, 0.25) is 0 Å². The molecule has 1 saturated heterocycles. The maximum absolute atomic E-state index is 13.0. The maximum atomic E-state index is 13.0. The number of alkyl halides is 3. The fraction of sp³-hybridized carbons (Fsp3) is 0.318. The Kier molecular flexibility index (Phi) is 4.98. The van der Waals surface area contributed by atoms with E-state index in [0.29, 0.717) is 10.9 Å². The fourth-order valence-electron chi connectivity index (χ4n) is 3.75. The molecular weight excluding hydrogens is 365 g/mol. The Labute approximate surface area is 161 Å². The number of carbonyl (C=O) groups excluding carboxylic acids is 1. The molecule has 0 amide bonds. The summed E-state index contributed by atoms with van der Waals surface area (Å²) < 4.78 is 40.3. The first-order valence-corrected chi connectivity index (χ1v) is 9.46. The van der Waals surface area contributed by atoms with Gasteiger partial charge in [0, 0.05) is 23.7 Å². The van der Waals surface area contributed by atoms with Crippen LogP contribution in [0.2, 0.25) is 0 Å². The molecular formula is C22H21F3N2O. The molecule has 28 heavy (non-hydrogen) atoms. The average molecular weight is 386 g/mol. The van der Waals surface area contributed by atoms with E-state index in [1.807, 2.05) is 12.1 Å². The highest BCUT2D eigenvalue weighted by Gasteiger charge is 2.31. The van der Waals surface area contributed by atoms with Gasteiger partial charge in [0.25, 0.3) is 5.91 Å². The molecule has 146 valence electrons. The summed E-state index contributed by atoms with van der Waals surface area (Å²) in [6, 6.07) is 12.5. The van der Waals surface area contributed by atoms with Crippen LogP contribution in [-0.4, -0.2) is 28.5 Å². The van der Waals surface area contributed by atoms with Gasteiger partial charge in [-0.3, -0.25) is 14.3 Å². The number of aromatic nitrogens is 1. The van der Waals surface area contributed by atoms with Crippen molar-refractivity contribution in [3.05, 3.63) is 71.4 Å². The van der Waals surface area contributed by atoms with E-state index in [1.165, 1.54) is 36.1 Å². The Bertz CT molecular complexity index is 983. The van der Waals surface area contributed by atoms with E-state index in [4.69, 9.17) is 0 Å². The van der Waals surface area contributed by atoms with Crippen LogP contribution < -0.4 is 0 Å². The SMILES string of the molecule is O=C(c1ccc(CN2CCCCC2)cc1)n1ccc2ccc(C(F)(F)F)cc21. The number of carbonyl (C=O) groups is 1. The van der Waals surface area contributed by atoms with Gasteiger partial charge in [-0.1, -0.05) is 24.6 Å². The number of likely N-dealkylation sites (tertiary alicyclic amines) is 1. The van der Waals surface area contributed by atoms with Crippen molar-refractivity contribution in [1.29, 1.82) is 0 Å². The molecule has 0 spiro atoms. The zero-order valence-corrected chi connectivity index (χ0v) is 15.4. The van der Waals surface area contributed by atoms with Crippen LogP contribution in [0.1, 0.15) is 40.7 Å². The Hall–Kier alpha value is -2.60. The highest BCUT2D eigenvalue weighted by atomic mass is 19.4. The number of nitrogens with zero attached hydrogens (tertiary/aromatic N) is 2. The minimum atomic E-state index is -4.44. The van der Waals surface area contributed by atoms with Gasteiger partial charge in [-0.15, -0.1) is 0 Å².